The molecule has 1 N–H and O–H groups in total. The molecule has 1 saturated heterocycles. The molecule has 0 radical (unpaired) electrons. The van der Waals surface area contributed by atoms with Gasteiger partial charge in [0.05, 0.1) is 29.1 Å². The lowest BCUT2D eigenvalue weighted by Gasteiger charge is -2.41. The Hall–Kier alpha value is -1.59. The van der Waals surface area contributed by atoms with Gasteiger partial charge in [0.25, 0.3) is 0 Å². The molecule has 1 unspecified atom stereocenters. The van der Waals surface area contributed by atoms with Crippen molar-refractivity contribution in [2.24, 2.45) is 0 Å². The monoisotopic (exact) mass is 392 g/mol. The second kappa shape index (κ2) is 8.87. The van der Waals surface area contributed by atoms with Crippen molar-refractivity contribution in [1.29, 1.82) is 0 Å². The number of aliphatic hydroxyl groups excluding tert-OH is 1. The molecule has 6 heteroatoms. The summed E-state index contributed by atoms with van der Waals surface area (Å²) in [5, 5.41) is 10.7. The fourth-order valence-corrected chi connectivity index (χ4v) is 3.64. The third kappa shape index (κ3) is 4.77. The van der Waals surface area contributed by atoms with Crippen LogP contribution in [0.4, 0.5) is 0 Å². The molecular formula is C20H22Cl2N2O2. The first-order valence-electron chi connectivity index (χ1n) is 8.67. The van der Waals surface area contributed by atoms with Gasteiger partial charge < -0.3 is 10.0 Å². The fourth-order valence-electron chi connectivity index (χ4n) is 3.32. The summed E-state index contributed by atoms with van der Waals surface area (Å²) in [7, 11) is 0. The first-order chi connectivity index (χ1) is 12.6. The van der Waals surface area contributed by atoms with Crippen LogP contribution in [0.2, 0.25) is 10.0 Å². The molecule has 1 aliphatic heterocycles. The van der Waals surface area contributed by atoms with Crippen LogP contribution in [0.1, 0.15) is 11.1 Å². The number of rotatable bonds is 5. The topological polar surface area (TPSA) is 43.8 Å². The molecule has 1 aliphatic rings. The first-order valence-corrected chi connectivity index (χ1v) is 9.43. The quantitative estimate of drug-likeness (QED) is 0.848. The highest BCUT2D eigenvalue weighted by molar-refractivity contribution is 6.42. The Morgan fingerprint density at radius 1 is 1.04 bits per heavy atom. The van der Waals surface area contributed by atoms with E-state index >= 15 is 0 Å². The van der Waals surface area contributed by atoms with Crippen molar-refractivity contribution < 1.29 is 9.90 Å². The Labute approximate surface area is 163 Å². The molecule has 0 bridgehead atoms. The van der Waals surface area contributed by atoms with Crippen molar-refractivity contribution in [2.75, 3.05) is 26.2 Å². The second-order valence-electron chi connectivity index (χ2n) is 6.57. The van der Waals surface area contributed by atoms with Crippen molar-refractivity contribution >= 4 is 29.1 Å². The van der Waals surface area contributed by atoms with Crippen LogP contribution in [0.5, 0.6) is 0 Å². The number of carbonyl (C=O) groups excluding carboxylic acids is 1. The molecule has 4 nitrogen and oxygen atoms in total. The number of nitrogens with zero attached hydrogens (tertiary/aromatic N) is 2. The van der Waals surface area contributed by atoms with Crippen molar-refractivity contribution in [2.45, 2.75) is 19.0 Å². The molecule has 1 fully saturated rings. The van der Waals surface area contributed by atoms with Gasteiger partial charge in [0, 0.05) is 26.2 Å². The van der Waals surface area contributed by atoms with Gasteiger partial charge in [-0.1, -0.05) is 59.6 Å². The molecule has 3 rings (SSSR count). The lowest BCUT2D eigenvalue weighted by atomic mass is 10.1. The minimum atomic E-state index is -0.192. The lowest BCUT2D eigenvalue weighted by Crippen LogP contribution is -2.56. The minimum absolute atomic E-state index is 0.00167. The van der Waals surface area contributed by atoms with Gasteiger partial charge in [-0.05, 0) is 23.3 Å². The molecule has 2 aromatic carbocycles. The van der Waals surface area contributed by atoms with Crippen LogP contribution in [-0.2, 0) is 17.8 Å². The van der Waals surface area contributed by atoms with E-state index in [1.165, 1.54) is 5.56 Å². The normalized spacial score (nSPS) is 18.1. The maximum absolute atomic E-state index is 12.7. The molecule has 0 aromatic heterocycles. The van der Waals surface area contributed by atoms with Gasteiger partial charge >= 0.3 is 0 Å². The summed E-state index contributed by atoms with van der Waals surface area (Å²) in [6.45, 7) is 2.85. The van der Waals surface area contributed by atoms with Gasteiger partial charge in [-0.15, -0.1) is 0 Å². The van der Waals surface area contributed by atoms with Crippen LogP contribution < -0.4 is 0 Å². The Kier molecular flexibility index (Phi) is 6.54. The predicted molar refractivity (Wildman–Crippen MR) is 104 cm³/mol. The molecule has 1 heterocycles. The Morgan fingerprint density at radius 3 is 2.50 bits per heavy atom. The van der Waals surface area contributed by atoms with Crippen molar-refractivity contribution in [1.82, 2.24) is 9.80 Å². The molecule has 1 amide bonds. The van der Waals surface area contributed by atoms with E-state index in [-0.39, 0.29) is 25.0 Å². The number of carbonyl (C=O) groups is 1. The zero-order chi connectivity index (χ0) is 18.5. The van der Waals surface area contributed by atoms with E-state index in [1.54, 1.807) is 17.0 Å². The van der Waals surface area contributed by atoms with Gasteiger partial charge in [0.1, 0.15) is 0 Å². The number of aliphatic hydroxyl groups is 1. The standard InChI is InChI=1S/C20H22Cl2N2O2/c21-18-7-6-16(10-19(18)22)11-20(26)24-9-8-23(13-17(24)14-25)12-15-4-2-1-3-5-15/h1-7,10,17,25H,8-9,11-14H2. The average Bonchev–Trinajstić information content (AvgIpc) is 2.65. The highest BCUT2D eigenvalue weighted by Crippen LogP contribution is 2.23. The van der Waals surface area contributed by atoms with Gasteiger partial charge in [-0.2, -0.15) is 0 Å². The maximum Gasteiger partial charge on any atom is 0.227 e. The molecule has 0 spiro atoms. The smallest absolute Gasteiger partial charge is 0.227 e. The molecule has 26 heavy (non-hydrogen) atoms. The molecule has 1 atom stereocenters. The Morgan fingerprint density at radius 2 is 1.81 bits per heavy atom. The van der Waals surface area contributed by atoms with Crippen LogP contribution in [0, 0.1) is 0 Å². The maximum atomic E-state index is 12.7. The second-order valence-corrected chi connectivity index (χ2v) is 7.38. The van der Waals surface area contributed by atoms with E-state index < -0.39 is 0 Å². The van der Waals surface area contributed by atoms with E-state index in [9.17, 15) is 9.90 Å². The molecule has 138 valence electrons. The van der Waals surface area contributed by atoms with Gasteiger partial charge in [0.15, 0.2) is 0 Å². The SMILES string of the molecule is O=C(Cc1ccc(Cl)c(Cl)c1)N1CCN(Cc2ccccc2)CC1CO. The number of hydrogen-bond acceptors (Lipinski definition) is 3. The summed E-state index contributed by atoms with van der Waals surface area (Å²) < 4.78 is 0. The van der Waals surface area contributed by atoms with Gasteiger partial charge in [0.2, 0.25) is 5.91 Å². The van der Waals surface area contributed by atoms with Crippen molar-refractivity contribution in [3.05, 3.63) is 69.7 Å². The van der Waals surface area contributed by atoms with Crippen LogP contribution in [0.25, 0.3) is 0 Å². The van der Waals surface area contributed by atoms with E-state index in [1.807, 2.05) is 24.3 Å². The lowest BCUT2D eigenvalue weighted by molar-refractivity contribution is -0.136. The third-order valence-corrected chi connectivity index (χ3v) is 5.43. The van der Waals surface area contributed by atoms with Gasteiger partial charge in [-0.25, -0.2) is 0 Å². The van der Waals surface area contributed by atoms with Crippen LogP contribution in [0.3, 0.4) is 0 Å². The van der Waals surface area contributed by atoms with Crippen molar-refractivity contribution in [3.8, 4) is 0 Å². The predicted octanol–water partition coefficient (Wildman–Crippen LogP) is 3.24. The first kappa shape index (κ1) is 19.2. The summed E-state index contributed by atoms with van der Waals surface area (Å²) in [4.78, 5) is 16.8. The molecule has 0 aliphatic carbocycles. The highest BCUT2D eigenvalue weighted by Gasteiger charge is 2.29. The highest BCUT2D eigenvalue weighted by atomic mass is 35.5. The largest absolute Gasteiger partial charge is 0.394 e. The van der Waals surface area contributed by atoms with E-state index in [0.717, 1.165) is 18.7 Å². The van der Waals surface area contributed by atoms with E-state index in [0.29, 0.717) is 23.1 Å². The number of benzene rings is 2. The molecule has 2 aromatic rings. The number of hydrogen-bond donors (Lipinski definition) is 1. The summed E-state index contributed by atoms with van der Waals surface area (Å²) in [5.74, 6) is 0.00167. The Bertz CT molecular complexity index is 755. The summed E-state index contributed by atoms with van der Waals surface area (Å²) in [6.07, 6.45) is 0.256. The van der Waals surface area contributed by atoms with Crippen LogP contribution in [-0.4, -0.2) is 53.1 Å². The summed E-state index contributed by atoms with van der Waals surface area (Å²) in [5.41, 5.74) is 2.06. The fraction of sp³-hybridized carbons (Fsp3) is 0.350. The average molecular weight is 393 g/mol. The van der Waals surface area contributed by atoms with E-state index in [4.69, 9.17) is 23.2 Å². The summed E-state index contributed by atoms with van der Waals surface area (Å²) >= 11 is 12.0. The van der Waals surface area contributed by atoms with Crippen molar-refractivity contribution in [3.63, 3.8) is 0 Å². The third-order valence-electron chi connectivity index (χ3n) is 4.69. The van der Waals surface area contributed by atoms with Crippen LogP contribution >= 0.6 is 23.2 Å². The minimum Gasteiger partial charge on any atom is -0.394 e. The zero-order valence-electron chi connectivity index (χ0n) is 14.4. The number of halogens is 2. The Balaban J connectivity index is 1.61. The van der Waals surface area contributed by atoms with E-state index in [2.05, 4.69) is 17.0 Å². The van der Waals surface area contributed by atoms with Crippen LogP contribution in [0.15, 0.2) is 48.5 Å². The molecular weight excluding hydrogens is 371 g/mol. The van der Waals surface area contributed by atoms with Gasteiger partial charge in [-0.3, -0.25) is 9.69 Å². The zero-order valence-corrected chi connectivity index (χ0v) is 16.0. The number of piperazine rings is 1. The summed E-state index contributed by atoms with van der Waals surface area (Å²) in [6, 6.07) is 15.3. The molecule has 0 saturated carbocycles. The number of amides is 1.